The van der Waals surface area contributed by atoms with E-state index in [1.807, 2.05) is 13.0 Å². The lowest BCUT2D eigenvalue weighted by molar-refractivity contribution is -0.137. The van der Waals surface area contributed by atoms with Crippen LogP contribution in [0.15, 0.2) is 12.1 Å². The second kappa shape index (κ2) is 4.22. The molecule has 0 spiro atoms. The van der Waals surface area contributed by atoms with Gasteiger partial charge in [0, 0.05) is 10.4 Å². The molecule has 0 radical (unpaired) electrons. The lowest BCUT2D eigenvalue weighted by Gasteiger charge is -2.18. The standard InChI is InChI=1S/C13H15ClO3/c1-8-10(5-9(17-2)6-11(8)14)13(3-4-13)7-12(15)16/h5-6H,3-4,7H2,1-2H3,(H,15,16). The monoisotopic (exact) mass is 254 g/mol. The molecule has 1 aliphatic carbocycles. The fraction of sp³-hybridized carbons (Fsp3) is 0.462. The maximum absolute atomic E-state index is 10.9. The Morgan fingerprint density at radius 3 is 2.65 bits per heavy atom. The van der Waals surface area contributed by atoms with E-state index in [1.54, 1.807) is 13.2 Å². The number of benzene rings is 1. The number of hydrogen-bond acceptors (Lipinski definition) is 2. The minimum atomic E-state index is -0.763. The van der Waals surface area contributed by atoms with E-state index < -0.39 is 5.97 Å². The number of carboxylic acids is 1. The molecule has 1 aliphatic rings. The molecule has 0 amide bonds. The summed E-state index contributed by atoms with van der Waals surface area (Å²) in [6.07, 6.45) is 1.98. The molecular weight excluding hydrogens is 240 g/mol. The van der Waals surface area contributed by atoms with Crippen molar-refractivity contribution < 1.29 is 14.6 Å². The molecule has 1 N–H and O–H groups in total. The van der Waals surface area contributed by atoms with Crippen molar-refractivity contribution in [3.05, 3.63) is 28.3 Å². The molecule has 3 nitrogen and oxygen atoms in total. The smallest absolute Gasteiger partial charge is 0.304 e. The number of rotatable bonds is 4. The molecule has 0 atom stereocenters. The van der Waals surface area contributed by atoms with Crippen LogP contribution in [0.2, 0.25) is 5.02 Å². The van der Waals surface area contributed by atoms with Gasteiger partial charge in [0.25, 0.3) is 0 Å². The molecule has 0 bridgehead atoms. The molecule has 0 aromatic heterocycles. The Kier molecular flexibility index (Phi) is 3.04. The molecule has 1 aromatic rings. The number of hydrogen-bond donors (Lipinski definition) is 1. The molecule has 1 saturated carbocycles. The van der Waals surface area contributed by atoms with Crippen LogP contribution in [0, 0.1) is 6.92 Å². The number of ether oxygens (including phenoxy) is 1. The third-order valence-corrected chi connectivity index (χ3v) is 3.86. The van der Waals surface area contributed by atoms with Crippen LogP contribution >= 0.6 is 11.6 Å². The highest BCUT2D eigenvalue weighted by Gasteiger charge is 2.47. The van der Waals surface area contributed by atoms with Gasteiger partial charge in [-0.25, -0.2) is 0 Å². The van der Waals surface area contributed by atoms with Crippen molar-refractivity contribution in [3.63, 3.8) is 0 Å². The Hall–Kier alpha value is -1.22. The van der Waals surface area contributed by atoms with Crippen LogP contribution in [0.3, 0.4) is 0 Å². The normalized spacial score (nSPS) is 16.6. The molecule has 4 heteroatoms. The number of halogens is 1. The van der Waals surface area contributed by atoms with Gasteiger partial charge in [-0.2, -0.15) is 0 Å². The van der Waals surface area contributed by atoms with E-state index in [0.29, 0.717) is 10.8 Å². The van der Waals surface area contributed by atoms with Crippen LogP contribution in [0.4, 0.5) is 0 Å². The first-order valence-corrected chi connectivity index (χ1v) is 5.93. The van der Waals surface area contributed by atoms with Gasteiger partial charge in [-0.05, 0) is 43.0 Å². The van der Waals surface area contributed by atoms with E-state index in [2.05, 4.69) is 0 Å². The first-order chi connectivity index (χ1) is 7.98. The van der Waals surface area contributed by atoms with E-state index in [0.717, 1.165) is 24.0 Å². The van der Waals surface area contributed by atoms with Gasteiger partial charge in [-0.15, -0.1) is 0 Å². The average molecular weight is 255 g/mol. The highest BCUT2D eigenvalue weighted by Crippen LogP contribution is 2.53. The zero-order chi connectivity index (χ0) is 12.6. The van der Waals surface area contributed by atoms with Crippen molar-refractivity contribution in [1.82, 2.24) is 0 Å². The molecule has 1 fully saturated rings. The third kappa shape index (κ3) is 2.25. The summed E-state index contributed by atoms with van der Waals surface area (Å²) in [5.74, 6) is -0.0758. The predicted molar refractivity (Wildman–Crippen MR) is 65.9 cm³/mol. The lowest BCUT2D eigenvalue weighted by atomic mass is 9.89. The number of aliphatic carboxylic acids is 1. The molecule has 0 unspecified atom stereocenters. The minimum absolute atomic E-state index is 0.164. The minimum Gasteiger partial charge on any atom is -0.497 e. The van der Waals surface area contributed by atoms with Gasteiger partial charge >= 0.3 is 5.97 Å². The average Bonchev–Trinajstić information content (AvgIpc) is 3.01. The van der Waals surface area contributed by atoms with Gasteiger partial charge in [0.15, 0.2) is 0 Å². The predicted octanol–water partition coefficient (Wildman–Crippen LogP) is 3.16. The second-order valence-electron chi connectivity index (χ2n) is 4.63. The van der Waals surface area contributed by atoms with Crippen molar-refractivity contribution in [2.75, 3.05) is 7.11 Å². The quantitative estimate of drug-likeness (QED) is 0.898. The SMILES string of the molecule is COc1cc(Cl)c(C)c(C2(CC(=O)O)CC2)c1. The number of carboxylic acid groups (broad SMARTS) is 1. The van der Waals surface area contributed by atoms with E-state index in [4.69, 9.17) is 21.4 Å². The highest BCUT2D eigenvalue weighted by atomic mass is 35.5. The van der Waals surface area contributed by atoms with Gasteiger partial charge in [-0.1, -0.05) is 11.6 Å². The van der Waals surface area contributed by atoms with E-state index >= 15 is 0 Å². The number of methoxy groups -OCH3 is 1. The molecule has 2 rings (SSSR count). The molecule has 92 valence electrons. The Bertz CT molecular complexity index is 464. The van der Waals surface area contributed by atoms with Gasteiger partial charge in [0.2, 0.25) is 0 Å². The van der Waals surface area contributed by atoms with Crippen molar-refractivity contribution in [2.45, 2.75) is 31.6 Å². The molecule has 1 aromatic carbocycles. The van der Waals surface area contributed by atoms with Crippen molar-refractivity contribution >= 4 is 17.6 Å². The fourth-order valence-electron chi connectivity index (χ4n) is 2.30. The van der Waals surface area contributed by atoms with Gasteiger partial charge in [0.05, 0.1) is 13.5 Å². The zero-order valence-electron chi connectivity index (χ0n) is 9.92. The number of carbonyl (C=O) groups is 1. The van der Waals surface area contributed by atoms with Gasteiger partial charge in [0.1, 0.15) is 5.75 Å². The summed E-state index contributed by atoms with van der Waals surface area (Å²) in [5, 5.41) is 9.61. The van der Waals surface area contributed by atoms with Crippen molar-refractivity contribution in [2.24, 2.45) is 0 Å². The van der Waals surface area contributed by atoms with E-state index in [1.165, 1.54) is 0 Å². The summed E-state index contributed by atoms with van der Waals surface area (Å²) in [4.78, 5) is 10.9. The van der Waals surface area contributed by atoms with Crippen LogP contribution in [0.25, 0.3) is 0 Å². The van der Waals surface area contributed by atoms with Crippen LogP contribution in [-0.2, 0) is 10.2 Å². The fourth-order valence-corrected chi connectivity index (χ4v) is 2.51. The maximum atomic E-state index is 10.9. The van der Waals surface area contributed by atoms with Crippen LogP contribution in [0.1, 0.15) is 30.4 Å². The summed E-state index contributed by atoms with van der Waals surface area (Å²) in [5.41, 5.74) is 1.75. The zero-order valence-corrected chi connectivity index (χ0v) is 10.7. The maximum Gasteiger partial charge on any atom is 0.304 e. The third-order valence-electron chi connectivity index (χ3n) is 3.47. The Morgan fingerprint density at radius 2 is 2.18 bits per heavy atom. The molecule has 0 aliphatic heterocycles. The second-order valence-corrected chi connectivity index (χ2v) is 5.04. The first kappa shape index (κ1) is 12.2. The molecule has 0 heterocycles. The van der Waals surface area contributed by atoms with Crippen LogP contribution in [-0.4, -0.2) is 18.2 Å². The lowest BCUT2D eigenvalue weighted by Crippen LogP contribution is -2.14. The van der Waals surface area contributed by atoms with E-state index in [9.17, 15) is 4.79 Å². The van der Waals surface area contributed by atoms with Gasteiger partial charge in [-0.3, -0.25) is 4.79 Å². The molecule has 17 heavy (non-hydrogen) atoms. The Labute approximate surface area is 105 Å². The molecular formula is C13H15ClO3. The van der Waals surface area contributed by atoms with Crippen molar-refractivity contribution in [3.8, 4) is 5.75 Å². The van der Waals surface area contributed by atoms with Crippen molar-refractivity contribution in [1.29, 1.82) is 0 Å². The first-order valence-electron chi connectivity index (χ1n) is 5.55. The Balaban J connectivity index is 2.44. The molecule has 0 saturated heterocycles. The summed E-state index contributed by atoms with van der Waals surface area (Å²) in [6.45, 7) is 1.93. The summed E-state index contributed by atoms with van der Waals surface area (Å²) in [6, 6.07) is 3.67. The topological polar surface area (TPSA) is 46.5 Å². The summed E-state index contributed by atoms with van der Waals surface area (Å²) >= 11 is 6.14. The Morgan fingerprint density at radius 1 is 1.53 bits per heavy atom. The van der Waals surface area contributed by atoms with E-state index in [-0.39, 0.29) is 11.8 Å². The highest BCUT2D eigenvalue weighted by molar-refractivity contribution is 6.31. The summed E-state index contributed by atoms with van der Waals surface area (Å²) < 4.78 is 5.19. The van der Waals surface area contributed by atoms with Crippen LogP contribution < -0.4 is 4.74 Å². The largest absolute Gasteiger partial charge is 0.497 e. The summed E-state index contributed by atoms with van der Waals surface area (Å²) in [7, 11) is 1.58. The van der Waals surface area contributed by atoms with Crippen LogP contribution in [0.5, 0.6) is 5.75 Å². The van der Waals surface area contributed by atoms with Gasteiger partial charge < -0.3 is 9.84 Å².